The Morgan fingerprint density at radius 1 is 1.14 bits per heavy atom. The summed E-state index contributed by atoms with van der Waals surface area (Å²) >= 11 is 0. The van der Waals surface area contributed by atoms with Gasteiger partial charge in [-0.25, -0.2) is 14.8 Å². The van der Waals surface area contributed by atoms with Crippen LogP contribution < -0.4 is 5.73 Å². The van der Waals surface area contributed by atoms with Gasteiger partial charge in [-0.2, -0.15) is 5.26 Å². The van der Waals surface area contributed by atoms with Gasteiger partial charge >= 0.3 is 6.09 Å². The lowest BCUT2D eigenvalue weighted by Gasteiger charge is -2.15. The van der Waals surface area contributed by atoms with Crippen molar-refractivity contribution < 1.29 is 14.3 Å². The van der Waals surface area contributed by atoms with E-state index in [1.165, 1.54) is 18.1 Å². The Bertz CT molecular complexity index is 1420. The molecule has 0 spiro atoms. The Morgan fingerprint density at radius 3 is 2.54 bits per heavy atom. The van der Waals surface area contributed by atoms with Gasteiger partial charge in [-0.1, -0.05) is 12.1 Å². The number of amides is 1. The summed E-state index contributed by atoms with van der Waals surface area (Å²) in [6, 6.07) is 12.9. The van der Waals surface area contributed by atoms with Crippen molar-refractivity contribution in [1.82, 2.24) is 30.0 Å². The molecule has 3 N–H and O–H groups in total. The first-order chi connectivity index (χ1) is 16.7. The van der Waals surface area contributed by atoms with Gasteiger partial charge < -0.3 is 20.2 Å². The molecule has 4 aromatic rings. The highest BCUT2D eigenvalue weighted by Gasteiger charge is 2.23. The molecule has 4 rings (SSSR count). The maximum absolute atomic E-state index is 11.0. The Morgan fingerprint density at radius 2 is 1.86 bits per heavy atom. The number of nitrogens with zero attached hydrogens (tertiary/aromatic N) is 7. The largest absolute Gasteiger partial charge is 0.465 e. The molecule has 0 aliphatic rings. The fourth-order valence-corrected chi connectivity index (χ4v) is 3.21. The summed E-state index contributed by atoms with van der Waals surface area (Å²) in [7, 11) is 1.50. The van der Waals surface area contributed by atoms with Crippen molar-refractivity contribution in [3.8, 4) is 40.4 Å². The quantitative estimate of drug-likeness (QED) is 0.423. The maximum Gasteiger partial charge on any atom is 0.407 e. The Balaban J connectivity index is 1.62. The normalized spacial score (nSPS) is 11.1. The number of aromatic nitrogens is 5. The Labute approximate surface area is 200 Å². The third-order valence-corrected chi connectivity index (χ3v) is 5.35. The topological polar surface area (TPSA) is 168 Å². The van der Waals surface area contributed by atoms with Gasteiger partial charge in [0.2, 0.25) is 5.89 Å². The van der Waals surface area contributed by atoms with Crippen LogP contribution in [0, 0.1) is 11.3 Å². The summed E-state index contributed by atoms with van der Waals surface area (Å²) in [5.41, 5.74) is 8.83. The van der Waals surface area contributed by atoms with E-state index in [0.29, 0.717) is 22.5 Å². The second kappa shape index (κ2) is 9.18. The Kier molecular flexibility index (Phi) is 6.12. The summed E-state index contributed by atoms with van der Waals surface area (Å²) in [6.07, 6.45) is 2.14. The SMILES string of the molecule is CN(Cc1ccc(-c2nnc(-c3nc(-c4ccnc(C(C)(C)C#N)c4)cnc3N)o2)cc1)C(=O)O. The zero-order valence-electron chi connectivity index (χ0n) is 19.3. The molecule has 35 heavy (non-hydrogen) atoms. The van der Waals surface area contributed by atoms with Crippen molar-refractivity contribution in [3.05, 3.63) is 60.0 Å². The van der Waals surface area contributed by atoms with Crippen LogP contribution in [0.2, 0.25) is 0 Å². The summed E-state index contributed by atoms with van der Waals surface area (Å²) in [5, 5.41) is 26.6. The van der Waals surface area contributed by atoms with Gasteiger partial charge in [0.25, 0.3) is 5.89 Å². The molecule has 0 bridgehead atoms. The van der Waals surface area contributed by atoms with Crippen LogP contribution in [-0.2, 0) is 12.0 Å². The standard InChI is InChI=1S/C24H22N8O3/c1-24(2,13-25)18-10-16(8-9-27-18)17-11-28-20(26)19(29-17)22-31-30-21(35-22)15-6-4-14(5-7-15)12-32(3)23(33)34/h4-11H,12H2,1-3H3,(H2,26,28)(H,33,34). The van der Waals surface area contributed by atoms with E-state index in [2.05, 4.69) is 31.2 Å². The van der Waals surface area contributed by atoms with E-state index in [1.54, 1.807) is 56.4 Å². The molecule has 11 heteroatoms. The first-order valence-corrected chi connectivity index (χ1v) is 10.6. The highest BCUT2D eigenvalue weighted by Crippen LogP contribution is 2.29. The van der Waals surface area contributed by atoms with E-state index in [1.807, 2.05) is 0 Å². The molecule has 0 saturated heterocycles. The number of nitrogens with two attached hydrogens (primary N) is 1. The van der Waals surface area contributed by atoms with Crippen LogP contribution in [0.15, 0.2) is 53.2 Å². The number of hydrogen-bond acceptors (Lipinski definition) is 9. The number of nitriles is 1. The molecule has 176 valence electrons. The average Bonchev–Trinajstić information content (AvgIpc) is 3.35. The molecular weight excluding hydrogens is 448 g/mol. The third-order valence-electron chi connectivity index (χ3n) is 5.35. The van der Waals surface area contributed by atoms with Crippen LogP contribution >= 0.6 is 0 Å². The number of anilines is 1. The van der Waals surface area contributed by atoms with Gasteiger partial charge in [0.1, 0.15) is 0 Å². The lowest BCUT2D eigenvalue weighted by atomic mass is 9.90. The van der Waals surface area contributed by atoms with E-state index in [9.17, 15) is 10.1 Å². The molecule has 0 radical (unpaired) electrons. The van der Waals surface area contributed by atoms with Gasteiger partial charge in [0.15, 0.2) is 11.5 Å². The molecule has 0 unspecified atom stereocenters. The van der Waals surface area contributed by atoms with E-state index in [-0.39, 0.29) is 29.8 Å². The minimum Gasteiger partial charge on any atom is -0.465 e. The minimum atomic E-state index is -1.01. The smallest absolute Gasteiger partial charge is 0.407 e. The number of hydrogen-bond donors (Lipinski definition) is 2. The zero-order chi connectivity index (χ0) is 25.2. The average molecular weight is 470 g/mol. The molecule has 0 aliphatic carbocycles. The molecular formula is C24H22N8O3. The van der Waals surface area contributed by atoms with Crippen molar-refractivity contribution in [2.45, 2.75) is 25.8 Å². The van der Waals surface area contributed by atoms with Crippen LogP contribution in [0.4, 0.5) is 10.6 Å². The van der Waals surface area contributed by atoms with Crippen LogP contribution in [-0.4, -0.2) is 48.3 Å². The van der Waals surface area contributed by atoms with E-state index in [4.69, 9.17) is 15.3 Å². The first-order valence-electron chi connectivity index (χ1n) is 10.6. The summed E-state index contributed by atoms with van der Waals surface area (Å²) in [4.78, 5) is 25.3. The molecule has 0 saturated carbocycles. The summed E-state index contributed by atoms with van der Waals surface area (Å²) < 4.78 is 5.82. The van der Waals surface area contributed by atoms with Gasteiger partial charge in [0.05, 0.1) is 29.1 Å². The van der Waals surface area contributed by atoms with Crippen molar-refractivity contribution in [3.63, 3.8) is 0 Å². The molecule has 3 aromatic heterocycles. The van der Waals surface area contributed by atoms with Crippen molar-refractivity contribution >= 4 is 11.9 Å². The number of carboxylic acid groups (broad SMARTS) is 1. The Hall–Kier alpha value is -4.85. The predicted octanol–water partition coefficient (Wildman–Crippen LogP) is 3.75. The summed E-state index contributed by atoms with van der Waals surface area (Å²) in [5.74, 6) is 0.488. The van der Waals surface area contributed by atoms with Gasteiger partial charge in [-0.3, -0.25) is 4.98 Å². The predicted molar refractivity (Wildman–Crippen MR) is 127 cm³/mol. The fraction of sp³-hybridized carbons (Fsp3) is 0.208. The van der Waals surface area contributed by atoms with Crippen LogP contribution in [0.1, 0.15) is 25.1 Å². The van der Waals surface area contributed by atoms with Crippen LogP contribution in [0.25, 0.3) is 34.3 Å². The molecule has 11 nitrogen and oxygen atoms in total. The number of rotatable bonds is 6. The van der Waals surface area contributed by atoms with Crippen LogP contribution in [0.5, 0.6) is 0 Å². The molecule has 1 aromatic carbocycles. The maximum atomic E-state index is 11.0. The monoisotopic (exact) mass is 470 g/mol. The number of carbonyl (C=O) groups is 1. The van der Waals surface area contributed by atoms with E-state index in [0.717, 1.165) is 5.56 Å². The highest BCUT2D eigenvalue weighted by molar-refractivity contribution is 5.69. The van der Waals surface area contributed by atoms with Gasteiger partial charge in [-0.05, 0) is 43.7 Å². The van der Waals surface area contributed by atoms with Gasteiger partial charge in [0, 0.05) is 30.9 Å². The van der Waals surface area contributed by atoms with E-state index >= 15 is 0 Å². The lowest BCUT2D eigenvalue weighted by Crippen LogP contribution is -2.23. The van der Waals surface area contributed by atoms with E-state index < -0.39 is 11.5 Å². The molecule has 0 aliphatic heterocycles. The van der Waals surface area contributed by atoms with Crippen molar-refractivity contribution in [2.75, 3.05) is 12.8 Å². The molecule has 0 fully saturated rings. The number of pyridine rings is 1. The third kappa shape index (κ3) is 4.91. The fourth-order valence-electron chi connectivity index (χ4n) is 3.21. The molecule has 0 atom stereocenters. The van der Waals surface area contributed by atoms with Crippen molar-refractivity contribution in [1.29, 1.82) is 5.26 Å². The first kappa shape index (κ1) is 23.3. The van der Waals surface area contributed by atoms with Crippen LogP contribution in [0.3, 0.4) is 0 Å². The second-order valence-electron chi connectivity index (χ2n) is 8.40. The minimum absolute atomic E-state index is 0.105. The van der Waals surface area contributed by atoms with Gasteiger partial charge in [-0.15, -0.1) is 10.2 Å². The second-order valence-corrected chi connectivity index (χ2v) is 8.40. The number of nitrogen functional groups attached to an aromatic ring is 1. The highest BCUT2D eigenvalue weighted by atomic mass is 16.4. The summed E-state index contributed by atoms with van der Waals surface area (Å²) in [6.45, 7) is 3.83. The molecule has 1 amide bonds. The zero-order valence-corrected chi connectivity index (χ0v) is 19.3. The number of benzene rings is 1. The van der Waals surface area contributed by atoms with Crippen molar-refractivity contribution in [2.24, 2.45) is 0 Å². The lowest BCUT2D eigenvalue weighted by molar-refractivity contribution is 0.154. The molecule has 3 heterocycles.